The number of thioether (sulfide) groups is 1. The third kappa shape index (κ3) is 7.30. The van der Waals surface area contributed by atoms with E-state index in [9.17, 15) is 9.59 Å². The van der Waals surface area contributed by atoms with Crippen molar-refractivity contribution in [1.82, 2.24) is 14.9 Å². The number of benzene rings is 1. The second kappa shape index (κ2) is 13.3. The highest BCUT2D eigenvalue weighted by atomic mass is 32.2. The summed E-state index contributed by atoms with van der Waals surface area (Å²) in [7, 11) is 0. The Labute approximate surface area is 181 Å². The Bertz CT molecular complexity index is 824. The first-order valence-electron chi connectivity index (χ1n) is 10.3. The van der Waals surface area contributed by atoms with Crippen LogP contribution in [0, 0.1) is 0 Å². The Hall–Kier alpha value is -2.10. The van der Waals surface area contributed by atoms with Crippen LogP contribution < -0.4 is 5.32 Å². The van der Waals surface area contributed by atoms with Crippen molar-refractivity contribution in [2.45, 2.75) is 38.9 Å². The molecule has 2 aromatic rings. The van der Waals surface area contributed by atoms with Crippen LogP contribution in [0.2, 0.25) is 0 Å². The van der Waals surface area contributed by atoms with E-state index in [1.165, 1.54) is 11.8 Å². The lowest BCUT2D eigenvalue weighted by molar-refractivity contribution is -0.118. The van der Waals surface area contributed by atoms with Crippen LogP contribution >= 0.6 is 11.8 Å². The lowest BCUT2D eigenvalue weighted by Crippen LogP contribution is -2.28. The molecule has 0 saturated heterocycles. The Balaban J connectivity index is 2.13. The molecule has 30 heavy (non-hydrogen) atoms. The van der Waals surface area contributed by atoms with Gasteiger partial charge in [0, 0.05) is 32.9 Å². The van der Waals surface area contributed by atoms with Crippen molar-refractivity contribution in [3.8, 4) is 0 Å². The van der Waals surface area contributed by atoms with Crippen molar-refractivity contribution in [2.75, 3.05) is 45.3 Å². The first kappa shape index (κ1) is 24.2. The molecule has 1 aromatic carbocycles. The summed E-state index contributed by atoms with van der Waals surface area (Å²) in [6, 6.07) is 5.36. The van der Waals surface area contributed by atoms with Crippen LogP contribution in [-0.4, -0.2) is 66.8 Å². The number of amides is 1. The SMILES string of the molecule is CCOCCCn1c(SCC(=O)NCCOCC)nc2cc(C(=O)OCC)ccc21. The Morgan fingerprint density at radius 2 is 1.87 bits per heavy atom. The molecule has 0 atom stereocenters. The molecule has 2 rings (SSSR count). The van der Waals surface area contributed by atoms with Gasteiger partial charge in [-0.3, -0.25) is 4.79 Å². The Kier molecular flexibility index (Phi) is 10.7. The summed E-state index contributed by atoms with van der Waals surface area (Å²) < 4.78 is 17.8. The molecule has 0 bridgehead atoms. The fraction of sp³-hybridized carbons (Fsp3) is 0.571. The number of ether oxygens (including phenoxy) is 3. The van der Waals surface area contributed by atoms with Gasteiger partial charge in [0.05, 0.1) is 35.6 Å². The molecule has 1 N–H and O–H groups in total. The van der Waals surface area contributed by atoms with Gasteiger partial charge in [-0.25, -0.2) is 9.78 Å². The van der Waals surface area contributed by atoms with Crippen molar-refractivity contribution in [1.29, 1.82) is 0 Å². The minimum atomic E-state index is -0.367. The maximum atomic E-state index is 12.1. The smallest absolute Gasteiger partial charge is 0.338 e. The zero-order chi connectivity index (χ0) is 21.8. The minimum absolute atomic E-state index is 0.0696. The number of nitrogens with zero attached hydrogens (tertiary/aromatic N) is 2. The Morgan fingerprint density at radius 3 is 2.60 bits per heavy atom. The van der Waals surface area contributed by atoms with Gasteiger partial charge in [-0.05, 0) is 45.4 Å². The molecular formula is C21H31N3O5S. The van der Waals surface area contributed by atoms with Crippen LogP contribution in [0.5, 0.6) is 0 Å². The van der Waals surface area contributed by atoms with Gasteiger partial charge in [0.1, 0.15) is 0 Å². The van der Waals surface area contributed by atoms with Gasteiger partial charge in [-0.15, -0.1) is 0 Å². The summed E-state index contributed by atoms with van der Waals surface area (Å²) in [5, 5.41) is 3.57. The summed E-state index contributed by atoms with van der Waals surface area (Å²) >= 11 is 1.37. The maximum Gasteiger partial charge on any atom is 0.338 e. The molecular weight excluding hydrogens is 406 g/mol. The van der Waals surface area contributed by atoms with Crippen LogP contribution in [0.1, 0.15) is 37.6 Å². The first-order valence-corrected chi connectivity index (χ1v) is 11.3. The van der Waals surface area contributed by atoms with Crippen LogP contribution in [0.15, 0.2) is 23.4 Å². The van der Waals surface area contributed by atoms with E-state index < -0.39 is 0 Å². The van der Waals surface area contributed by atoms with Gasteiger partial charge in [0.2, 0.25) is 5.91 Å². The van der Waals surface area contributed by atoms with Crippen LogP contribution in [0.25, 0.3) is 11.0 Å². The number of hydrogen-bond donors (Lipinski definition) is 1. The van der Waals surface area contributed by atoms with E-state index in [1.54, 1.807) is 19.1 Å². The molecule has 0 spiro atoms. The average Bonchev–Trinajstić information content (AvgIpc) is 3.09. The van der Waals surface area contributed by atoms with E-state index in [-0.39, 0.29) is 17.6 Å². The number of aryl methyl sites for hydroxylation is 1. The van der Waals surface area contributed by atoms with Gasteiger partial charge in [0.15, 0.2) is 5.16 Å². The van der Waals surface area contributed by atoms with Gasteiger partial charge >= 0.3 is 5.97 Å². The lowest BCUT2D eigenvalue weighted by Gasteiger charge is -2.09. The highest BCUT2D eigenvalue weighted by Gasteiger charge is 2.15. The summed E-state index contributed by atoms with van der Waals surface area (Å²) in [4.78, 5) is 28.8. The number of nitrogens with one attached hydrogen (secondary N) is 1. The maximum absolute atomic E-state index is 12.1. The summed E-state index contributed by atoms with van der Waals surface area (Å²) in [6.45, 7) is 9.64. The van der Waals surface area contributed by atoms with Crippen molar-refractivity contribution in [3.63, 3.8) is 0 Å². The number of hydrogen-bond acceptors (Lipinski definition) is 7. The monoisotopic (exact) mass is 437 g/mol. The fourth-order valence-electron chi connectivity index (χ4n) is 2.83. The zero-order valence-corrected chi connectivity index (χ0v) is 18.8. The zero-order valence-electron chi connectivity index (χ0n) is 17.9. The molecule has 0 aliphatic rings. The van der Waals surface area contributed by atoms with E-state index in [4.69, 9.17) is 14.2 Å². The van der Waals surface area contributed by atoms with E-state index in [0.29, 0.717) is 57.2 Å². The fourth-order valence-corrected chi connectivity index (χ4v) is 3.70. The quantitative estimate of drug-likeness (QED) is 0.276. The van der Waals surface area contributed by atoms with Crippen molar-refractivity contribution in [2.24, 2.45) is 0 Å². The summed E-state index contributed by atoms with van der Waals surface area (Å²) in [6.07, 6.45) is 0.826. The second-order valence-electron chi connectivity index (χ2n) is 6.36. The van der Waals surface area contributed by atoms with E-state index in [1.807, 2.05) is 19.9 Å². The largest absolute Gasteiger partial charge is 0.462 e. The molecule has 0 fully saturated rings. The molecule has 0 unspecified atom stereocenters. The number of rotatable bonds is 14. The van der Waals surface area contributed by atoms with E-state index in [0.717, 1.165) is 17.1 Å². The summed E-state index contributed by atoms with van der Waals surface area (Å²) in [5.41, 5.74) is 2.09. The molecule has 0 aliphatic heterocycles. The predicted octanol–water partition coefficient (Wildman–Crippen LogP) is 2.88. The van der Waals surface area contributed by atoms with Crippen molar-refractivity contribution >= 4 is 34.7 Å². The third-order valence-corrected chi connectivity index (χ3v) is 5.18. The van der Waals surface area contributed by atoms with Gasteiger partial charge < -0.3 is 24.1 Å². The average molecular weight is 438 g/mol. The van der Waals surface area contributed by atoms with Crippen LogP contribution in [0.4, 0.5) is 0 Å². The molecule has 9 heteroatoms. The third-order valence-electron chi connectivity index (χ3n) is 4.20. The lowest BCUT2D eigenvalue weighted by atomic mass is 10.2. The molecule has 0 aliphatic carbocycles. The Morgan fingerprint density at radius 1 is 1.10 bits per heavy atom. The van der Waals surface area contributed by atoms with Crippen LogP contribution in [0.3, 0.4) is 0 Å². The standard InChI is InChI=1S/C21H31N3O5S/c1-4-27-12-7-11-24-18-9-8-16(20(26)29-6-3)14-17(18)23-21(24)30-15-19(25)22-10-13-28-5-2/h8-9,14H,4-7,10-13,15H2,1-3H3,(H,22,25). The normalized spacial score (nSPS) is 11.0. The molecule has 1 heterocycles. The van der Waals surface area contributed by atoms with Crippen molar-refractivity contribution < 1.29 is 23.8 Å². The molecule has 0 radical (unpaired) electrons. The number of carbonyl (C=O) groups is 2. The van der Waals surface area contributed by atoms with Gasteiger partial charge in [0.25, 0.3) is 0 Å². The number of carbonyl (C=O) groups excluding carboxylic acids is 2. The predicted molar refractivity (Wildman–Crippen MR) is 117 cm³/mol. The molecule has 8 nitrogen and oxygen atoms in total. The highest BCUT2D eigenvalue weighted by molar-refractivity contribution is 7.99. The second-order valence-corrected chi connectivity index (χ2v) is 7.30. The molecule has 1 aromatic heterocycles. The molecule has 0 saturated carbocycles. The highest BCUT2D eigenvalue weighted by Crippen LogP contribution is 2.25. The van der Waals surface area contributed by atoms with E-state index in [2.05, 4.69) is 14.9 Å². The molecule has 166 valence electrons. The topological polar surface area (TPSA) is 91.7 Å². The number of imidazole rings is 1. The number of fused-ring (bicyclic) bond motifs is 1. The van der Waals surface area contributed by atoms with Crippen LogP contribution in [-0.2, 0) is 25.5 Å². The van der Waals surface area contributed by atoms with E-state index >= 15 is 0 Å². The minimum Gasteiger partial charge on any atom is -0.462 e. The summed E-state index contributed by atoms with van der Waals surface area (Å²) in [5.74, 6) is -0.181. The van der Waals surface area contributed by atoms with Gasteiger partial charge in [-0.1, -0.05) is 11.8 Å². The van der Waals surface area contributed by atoms with Crippen molar-refractivity contribution in [3.05, 3.63) is 23.8 Å². The first-order chi connectivity index (χ1) is 14.6. The molecule has 1 amide bonds. The number of aromatic nitrogens is 2. The van der Waals surface area contributed by atoms with Gasteiger partial charge in [-0.2, -0.15) is 0 Å². The number of esters is 1.